The molecule has 0 saturated heterocycles. The molecule has 1 rings (SSSR count). The van der Waals surface area contributed by atoms with Crippen LogP contribution >= 0.6 is 15.8 Å². The first-order chi connectivity index (χ1) is 8.05. The number of hydrogen-bond acceptors (Lipinski definition) is 0. The van der Waals surface area contributed by atoms with Gasteiger partial charge < -0.3 is 14.9 Å². The molecule has 1 aromatic rings. The van der Waals surface area contributed by atoms with Crippen LogP contribution in [-0.4, -0.2) is 23.6 Å². The third-order valence-corrected chi connectivity index (χ3v) is 11.2. The molecular formula is C18H36P2Rh+3. The van der Waals surface area contributed by atoms with E-state index >= 15 is 0 Å². The fourth-order valence-corrected chi connectivity index (χ4v) is 6.35. The molecule has 2 unspecified atom stereocenters. The summed E-state index contributed by atoms with van der Waals surface area (Å²) in [7, 11) is -0.982. The SMILES string of the molecule is C[PH+](c1ccccc1[PH+](C)C(C)(C)C)C(C)(C)C.[CH3-].[CH3-].[Rh+3]. The first kappa shape index (κ1) is 26.6. The molecule has 1 aromatic carbocycles. The van der Waals surface area contributed by atoms with Crippen LogP contribution in [0.5, 0.6) is 0 Å². The molecule has 0 spiro atoms. The summed E-state index contributed by atoms with van der Waals surface area (Å²) in [6.07, 6.45) is 0. The number of rotatable bonds is 2. The van der Waals surface area contributed by atoms with E-state index in [2.05, 4.69) is 79.1 Å². The molecule has 2 atom stereocenters. The van der Waals surface area contributed by atoms with Crippen LogP contribution in [0.2, 0.25) is 0 Å². The molecule has 124 valence electrons. The molecule has 0 aliphatic heterocycles. The van der Waals surface area contributed by atoms with Crippen molar-refractivity contribution in [1.82, 2.24) is 0 Å². The largest absolute Gasteiger partial charge is 3.00 e. The summed E-state index contributed by atoms with van der Waals surface area (Å²) >= 11 is 0. The molecule has 0 saturated carbocycles. The maximum absolute atomic E-state index is 2.47. The van der Waals surface area contributed by atoms with Gasteiger partial charge in [0, 0.05) is 15.8 Å². The Morgan fingerprint density at radius 1 is 0.667 bits per heavy atom. The molecule has 0 aliphatic rings. The van der Waals surface area contributed by atoms with E-state index < -0.39 is 15.8 Å². The molecule has 0 nitrogen and oxygen atoms in total. The van der Waals surface area contributed by atoms with Crippen LogP contribution in [0.3, 0.4) is 0 Å². The predicted molar refractivity (Wildman–Crippen MR) is 107 cm³/mol. The second-order valence-electron chi connectivity index (χ2n) is 7.30. The maximum atomic E-state index is 2.47. The van der Waals surface area contributed by atoms with Gasteiger partial charge in [-0.1, -0.05) is 12.1 Å². The zero-order chi connectivity index (χ0) is 14.1. The van der Waals surface area contributed by atoms with Crippen LogP contribution < -0.4 is 10.6 Å². The van der Waals surface area contributed by atoms with Crippen molar-refractivity contribution in [3.63, 3.8) is 0 Å². The van der Waals surface area contributed by atoms with Gasteiger partial charge in [-0.3, -0.25) is 0 Å². The van der Waals surface area contributed by atoms with Crippen LogP contribution in [0, 0.1) is 14.9 Å². The van der Waals surface area contributed by atoms with Gasteiger partial charge in [0.15, 0.2) is 0 Å². The molecular weight excluding hydrogens is 381 g/mol. The quantitative estimate of drug-likeness (QED) is 0.356. The topological polar surface area (TPSA) is 0 Å². The molecule has 0 aromatic heterocycles. The van der Waals surface area contributed by atoms with Crippen LogP contribution in [0.1, 0.15) is 41.5 Å². The van der Waals surface area contributed by atoms with Gasteiger partial charge in [0.1, 0.15) is 10.6 Å². The molecule has 0 radical (unpaired) electrons. The van der Waals surface area contributed by atoms with Crippen molar-refractivity contribution in [1.29, 1.82) is 0 Å². The van der Waals surface area contributed by atoms with Gasteiger partial charge in [-0.05, 0) is 53.7 Å². The van der Waals surface area contributed by atoms with Crippen LogP contribution in [0.15, 0.2) is 24.3 Å². The number of hydrogen-bond donors (Lipinski definition) is 0. The average molecular weight is 417 g/mol. The van der Waals surface area contributed by atoms with Gasteiger partial charge >= 0.3 is 19.5 Å². The molecule has 0 N–H and O–H groups in total. The fraction of sp³-hybridized carbons (Fsp3) is 0.556. The standard InChI is InChI=1S/C16H28P2.2CH3.Rh/c1-15(2,3)17(7)13-11-9-10-12-14(13)18(8)16(4,5)6;;;/h9-12H,1-8H3;2*1H3;/q;2*-1;+3/p+2. The normalized spacial score (nSPS) is 14.1. The second kappa shape index (κ2) is 9.76. The molecule has 3 heteroatoms. The Labute approximate surface area is 150 Å². The van der Waals surface area contributed by atoms with Crippen molar-refractivity contribution in [3.8, 4) is 0 Å². The summed E-state index contributed by atoms with van der Waals surface area (Å²) in [5.74, 6) is 0. The Kier molecular flexibility index (Phi) is 12.4. The Morgan fingerprint density at radius 2 is 0.905 bits per heavy atom. The minimum Gasteiger partial charge on any atom is -0.358 e. The van der Waals surface area contributed by atoms with E-state index in [1.54, 1.807) is 10.6 Å². The third-order valence-electron chi connectivity index (χ3n) is 3.99. The van der Waals surface area contributed by atoms with Crippen molar-refractivity contribution < 1.29 is 19.5 Å². The van der Waals surface area contributed by atoms with Gasteiger partial charge in [-0.2, -0.15) is 0 Å². The Morgan fingerprint density at radius 3 is 1.10 bits per heavy atom. The minimum atomic E-state index is -0.491. The van der Waals surface area contributed by atoms with E-state index in [1.165, 1.54) is 0 Å². The van der Waals surface area contributed by atoms with E-state index in [9.17, 15) is 0 Å². The molecule has 21 heavy (non-hydrogen) atoms. The molecule has 0 heterocycles. The summed E-state index contributed by atoms with van der Waals surface area (Å²) < 4.78 is 0. The maximum Gasteiger partial charge on any atom is 3.00 e. The van der Waals surface area contributed by atoms with E-state index in [1.807, 2.05) is 0 Å². The van der Waals surface area contributed by atoms with E-state index in [-0.39, 0.29) is 34.3 Å². The van der Waals surface area contributed by atoms with Gasteiger partial charge in [0.2, 0.25) is 0 Å². The average Bonchev–Trinajstić information content (AvgIpc) is 2.24. The van der Waals surface area contributed by atoms with Gasteiger partial charge in [0.05, 0.1) is 23.6 Å². The predicted octanol–water partition coefficient (Wildman–Crippen LogP) is 5.12. The molecule has 0 amide bonds. The van der Waals surface area contributed by atoms with Crippen LogP contribution in [-0.2, 0) is 19.5 Å². The van der Waals surface area contributed by atoms with E-state index in [0.29, 0.717) is 10.3 Å². The summed E-state index contributed by atoms with van der Waals surface area (Å²) in [6.45, 7) is 19.3. The monoisotopic (exact) mass is 417 g/mol. The Balaban J connectivity index is -0.00000108. The second-order valence-corrected chi connectivity index (χ2v) is 13.9. The first-order valence-electron chi connectivity index (χ1n) is 6.83. The zero-order valence-electron chi connectivity index (χ0n) is 15.6. The number of benzene rings is 1. The summed E-state index contributed by atoms with van der Waals surface area (Å²) in [6, 6.07) is 9.21. The first-order valence-corrected chi connectivity index (χ1v) is 10.8. The van der Waals surface area contributed by atoms with Gasteiger partial charge in [-0.15, -0.1) is 0 Å². The zero-order valence-corrected chi connectivity index (χ0v) is 19.3. The summed E-state index contributed by atoms with van der Waals surface area (Å²) in [4.78, 5) is 0. The van der Waals surface area contributed by atoms with Crippen molar-refractivity contribution in [2.45, 2.75) is 51.9 Å². The van der Waals surface area contributed by atoms with E-state index in [4.69, 9.17) is 0 Å². The van der Waals surface area contributed by atoms with Crippen LogP contribution in [0.25, 0.3) is 0 Å². The van der Waals surface area contributed by atoms with Crippen molar-refractivity contribution in [2.75, 3.05) is 13.3 Å². The van der Waals surface area contributed by atoms with Gasteiger partial charge in [-0.25, -0.2) is 0 Å². The third kappa shape index (κ3) is 7.21. The van der Waals surface area contributed by atoms with E-state index in [0.717, 1.165) is 0 Å². The van der Waals surface area contributed by atoms with Crippen molar-refractivity contribution in [3.05, 3.63) is 39.1 Å². The fourth-order valence-electron chi connectivity index (χ4n) is 1.95. The van der Waals surface area contributed by atoms with Crippen molar-refractivity contribution >= 4 is 26.5 Å². The summed E-state index contributed by atoms with van der Waals surface area (Å²) in [5.41, 5.74) is 0. The smallest absolute Gasteiger partial charge is 0.358 e. The Bertz CT molecular complexity index is 363. The molecule has 0 fully saturated rings. The molecule has 0 aliphatic carbocycles. The van der Waals surface area contributed by atoms with Crippen LogP contribution in [0.4, 0.5) is 0 Å². The summed E-state index contributed by atoms with van der Waals surface area (Å²) in [5, 5.41) is 4.20. The Hall–Kier alpha value is 0.703. The minimum absolute atomic E-state index is 0. The van der Waals surface area contributed by atoms with Gasteiger partial charge in [0.25, 0.3) is 0 Å². The van der Waals surface area contributed by atoms with Crippen molar-refractivity contribution in [2.24, 2.45) is 0 Å². The molecule has 0 bridgehead atoms.